The van der Waals surface area contributed by atoms with Crippen LogP contribution in [0, 0.1) is 17.1 Å². The minimum Gasteiger partial charge on any atom is -0.465 e. The smallest absolute Gasteiger partial charge is 0.337 e. The molecule has 2 aliphatic heterocycles. The van der Waals surface area contributed by atoms with Gasteiger partial charge in [0.05, 0.1) is 51.0 Å². The first-order valence-electron chi connectivity index (χ1n) is 12.6. The number of carbonyl (C=O) groups is 3. The fraction of sp³-hybridized carbons (Fsp3) is 0.310. The number of thiophene rings is 1. The van der Waals surface area contributed by atoms with Crippen molar-refractivity contribution in [2.75, 3.05) is 26.9 Å². The van der Waals surface area contributed by atoms with Gasteiger partial charge in [-0.25, -0.2) is 9.18 Å². The fourth-order valence-corrected chi connectivity index (χ4v) is 5.69. The van der Waals surface area contributed by atoms with Crippen LogP contribution in [0.3, 0.4) is 0 Å². The van der Waals surface area contributed by atoms with E-state index in [-0.39, 0.29) is 43.3 Å². The zero-order valence-electron chi connectivity index (χ0n) is 21.6. The molecule has 5 rings (SSSR count). The molecule has 9 nitrogen and oxygen atoms in total. The van der Waals surface area contributed by atoms with Gasteiger partial charge in [0.2, 0.25) is 11.8 Å². The van der Waals surface area contributed by atoms with Gasteiger partial charge in [-0.1, -0.05) is 30.3 Å². The van der Waals surface area contributed by atoms with Crippen LogP contribution in [0.5, 0.6) is 0 Å². The number of benzene rings is 2. The third-order valence-corrected chi connectivity index (χ3v) is 7.90. The molecular weight excluding hydrogens is 537 g/mol. The maximum atomic E-state index is 14.7. The van der Waals surface area contributed by atoms with Crippen molar-refractivity contribution in [1.82, 2.24) is 10.2 Å². The van der Waals surface area contributed by atoms with Crippen molar-refractivity contribution < 1.29 is 33.0 Å². The van der Waals surface area contributed by atoms with Crippen LogP contribution in [0.25, 0.3) is 11.1 Å². The van der Waals surface area contributed by atoms with Crippen molar-refractivity contribution in [1.29, 1.82) is 5.26 Å². The molecule has 40 heavy (non-hydrogen) atoms. The van der Waals surface area contributed by atoms with Gasteiger partial charge in [0, 0.05) is 22.2 Å². The van der Waals surface area contributed by atoms with Crippen LogP contribution in [0.2, 0.25) is 0 Å². The summed E-state index contributed by atoms with van der Waals surface area (Å²) in [6.45, 7) is 1.16. The number of amides is 2. The lowest BCUT2D eigenvalue weighted by molar-refractivity contribution is -0.152. The Hall–Kier alpha value is -4.11. The highest BCUT2D eigenvalue weighted by molar-refractivity contribution is 7.10. The van der Waals surface area contributed by atoms with Gasteiger partial charge in [0.15, 0.2) is 5.79 Å². The number of esters is 1. The van der Waals surface area contributed by atoms with Gasteiger partial charge < -0.3 is 24.4 Å². The van der Waals surface area contributed by atoms with Crippen LogP contribution in [0.15, 0.2) is 53.9 Å². The highest BCUT2D eigenvalue weighted by Crippen LogP contribution is 2.35. The highest BCUT2D eigenvalue weighted by Gasteiger charge is 2.52. The molecule has 0 aliphatic carbocycles. The molecule has 206 valence electrons. The summed E-state index contributed by atoms with van der Waals surface area (Å²) in [6, 6.07) is 14.0. The highest BCUT2D eigenvalue weighted by atomic mass is 32.1. The van der Waals surface area contributed by atoms with E-state index < -0.39 is 23.6 Å². The molecule has 0 radical (unpaired) electrons. The molecule has 1 aromatic heterocycles. The monoisotopic (exact) mass is 563 g/mol. The van der Waals surface area contributed by atoms with Crippen LogP contribution >= 0.6 is 11.3 Å². The number of hydrogen-bond donors (Lipinski definition) is 1. The zero-order chi connectivity index (χ0) is 28.3. The van der Waals surface area contributed by atoms with E-state index >= 15 is 0 Å². The van der Waals surface area contributed by atoms with Gasteiger partial charge in [0.1, 0.15) is 17.9 Å². The minimum atomic E-state index is -1.01. The Bertz CT molecular complexity index is 1480. The van der Waals surface area contributed by atoms with Gasteiger partial charge in [-0.2, -0.15) is 5.26 Å². The Balaban J connectivity index is 1.27. The third kappa shape index (κ3) is 5.74. The molecule has 1 atom stereocenters. The number of carbonyl (C=O) groups excluding carboxylic acids is 3. The number of nitriles is 1. The summed E-state index contributed by atoms with van der Waals surface area (Å²) >= 11 is 1.38. The molecule has 2 amide bonds. The summed E-state index contributed by atoms with van der Waals surface area (Å²) in [5.74, 6) is -2.78. The summed E-state index contributed by atoms with van der Waals surface area (Å²) in [5.41, 5.74) is 2.24. The number of likely N-dealkylation sites (tertiary alicyclic amines) is 1. The molecule has 11 heteroatoms. The summed E-state index contributed by atoms with van der Waals surface area (Å²) in [4.78, 5) is 40.6. The molecule has 2 aromatic carbocycles. The lowest BCUT2D eigenvalue weighted by Crippen LogP contribution is -2.46. The average Bonchev–Trinajstić information content (AvgIpc) is 3.72. The van der Waals surface area contributed by atoms with E-state index in [1.807, 2.05) is 0 Å². The first kappa shape index (κ1) is 27.5. The lowest BCUT2D eigenvalue weighted by Gasteiger charge is -2.24. The van der Waals surface area contributed by atoms with Gasteiger partial charge in [-0.05, 0) is 29.3 Å². The standard InChI is InChI=1S/C29H26FN3O6S/c1-37-28(36)21-6-7-23(24(30)12-21)20-4-2-18(3-5-20)11-26(34)33-17-29(38-8-9-39-29)13-25(33)27(35)32-15-22-10-19(14-31)16-40-22/h2-7,10,12,16,25H,8-9,11,13,15,17H2,1H3,(H,32,35). The molecule has 1 spiro atoms. The number of hydrogen-bond acceptors (Lipinski definition) is 8. The maximum Gasteiger partial charge on any atom is 0.337 e. The van der Waals surface area contributed by atoms with Gasteiger partial charge >= 0.3 is 5.97 Å². The Morgan fingerprint density at radius 3 is 2.58 bits per heavy atom. The first-order chi connectivity index (χ1) is 19.3. The number of ether oxygens (including phenoxy) is 3. The maximum absolute atomic E-state index is 14.7. The molecule has 1 unspecified atom stereocenters. The molecule has 2 aliphatic rings. The van der Waals surface area contributed by atoms with Gasteiger partial charge in [-0.15, -0.1) is 11.3 Å². The number of halogens is 1. The van der Waals surface area contributed by atoms with Gasteiger partial charge in [-0.3, -0.25) is 9.59 Å². The number of nitrogens with one attached hydrogen (secondary N) is 1. The predicted octanol–water partition coefficient (Wildman–Crippen LogP) is 3.42. The van der Waals surface area contributed by atoms with E-state index in [4.69, 9.17) is 14.7 Å². The molecule has 3 aromatic rings. The van der Waals surface area contributed by atoms with E-state index in [9.17, 15) is 18.8 Å². The molecule has 2 fully saturated rings. The molecule has 2 saturated heterocycles. The lowest BCUT2D eigenvalue weighted by atomic mass is 10.0. The molecule has 0 saturated carbocycles. The van der Waals surface area contributed by atoms with Crippen LogP contribution in [0.1, 0.15) is 32.8 Å². The van der Waals surface area contributed by atoms with E-state index in [1.54, 1.807) is 35.7 Å². The summed E-state index contributed by atoms with van der Waals surface area (Å²) < 4.78 is 30.9. The largest absolute Gasteiger partial charge is 0.465 e. The number of methoxy groups -OCH3 is 1. The summed E-state index contributed by atoms with van der Waals surface area (Å²) in [7, 11) is 1.23. The Labute approximate surface area is 234 Å². The molecule has 0 bridgehead atoms. The number of rotatable bonds is 7. The quantitative estimate of drug-likeness (QED) is 0.438. The van der Waals surface area contributed by atoms with E-state index in [2.05, 4.69) is 16.1 Å². The van der Waals surface area contributed by atoms with Crippen molar-refractivity contribution in [2.45, 2.75) is 31.2 Å². The predicted molar refractivity (Wildman–Crippen MR) is 143 cm³/mol. The van der Waals surface area contributed by atoms with Crippen molar-refractivity contribution in [3.05, 3.63) is 81.3 Å². The van der Waals surface area contributed by atoms with Crippen molar-refractivity contribution in [3.8, 4) is 17.2 Å². The SMILES string of the molecule is COC(=O)c1ccc(-c2ccc(CC(=O)N3CC4(CC3C(=O)NCc3cc(C#N)cs3)OCCO4)cc2)c(F)c1. The average molecular weight is 564 g/mol. The van der Waals surface area contributed by atoms with Crippen LogP contribution < -0.4 is 5.32 Å². The Kier molecular flexibility index (Phi) is 7.93. The van der Waals surface area contributed by atoms with Gasteiger partial charge in [0.25, 0.3) is 0 Å². The van der Waals surface area contributed by atoms with Crippen molar-refractivity contribution in [2.24, 2.45) is 0 Å². The fourth-order valence-electron chi connectivity index (χ4n) is 4.94. The second kappa shape index (κ2) is 11.6. The van der Waals surface area contributed by atoms with E-state index in [0.717, 1.165) is 10.9 Å². The molecular formula is C29H26FN3O6S. The van der Waals surface area contributed by atoms with Crippen LogP contribution in [-0.2, 0) is 36.8 Å². The van der Waals surface area contributed by atoms with E-state index in [0.29, 0.717) is 35.5 Å². The molecule has 3 heterocycles. The summed E-state index contributed by atoms with van der Waals surface area (Å²) in [5, 5.41) is 13.6. The minimum absolute atomic E-state index is 0.0281. The molecule has 1 N–H and O–H groups in total. The Morgan fingerprint density at radius 2 is 1.93 bits per heavy atom. The first-order valence-corrected chi connectivity index (χ1v) is 13.5. The third-order valence-electron chi connectivity index (χ3n) is 6.96. The van der Waals surface area contributed by atoms with Crippen LogP contribution in [0.4, 0.5) is 4.39 Å². The topological polar surface area (TPSA) is 118 Å². The normalized spacial score (nSPS) is 17.5. The van der Waals surface area contributed by atoms with Crippen molar-refractivity contribution in [3.63, 3.8) is 0 Å². The summed E-state index contributed by atoms with van der Waals surface area (Å²) in [6.07, 6.45) is 0.249. The van der Waals surface area contributed by atoms with Crippen LogP contribution in [-0.4, -0.2) is 61.4 Å². The van der Waals surface area contributed by atoms with E-state index in [1.165, 1.54) is 35.5 Å². The Morgan fingerprint density at radius 1 is 1.18 bits per heavy atom. The van der Waals surface area contributed by atoms with Crippen molar-refractivity contribution >= 4 is 29.1 Å². The second-order valence-corrected chi connectivity index (χ2v) is 10.5. The second-order valence-electron chi connectivity index (χ2n) is 9.54. The number of nitrogens with zero attached hydrogens (tertiary/aromatic N) is 2. The zero-order valence-corrected chi connectivity index (χ0v) is 22.5.